The van der Waals surface area contributed by atoms with Crippen molar-refractivity contribution in [3.63, 3.8) is 0 Å². The molecule has 0 radical (unpaired) electrons. The van der Waals surface area contributed by atoms with Gasteiger partial charge < -0.3 is 5.73 Å². The predicted octanol–water partition coefficient (Wildman–Crippen LogP) is 3.28. The zero-order valence-corrected chi connectivity index (χ0v) is 13.2. The number of thioether (sulfide) groups is 1. The van der Waals surface area contributed by atoms with Crippen LogP contribution >= 0.6 is 27.7 Å². The van der Waals surface area contributed by atoms with E-state index in [1.54, 1.807) is 0 Å². The van der Waals surface area contributed by atoms with E-state index < -0.39 is 0 Å². The van der Waals surface area contributed by atoms with Gasteiger partial charge in [-0.2, -0.15) is 11.8 Å². The minimum Gasteiger partial charge on any atom is -0.326 e. The van der Waals surface area contributed by atoms with Gasteiger partial charge in [0.2, 0.25) is 0 Å². The molecular formula is C14H21BrN2S. The van der Waals surface area contributed by atoms with Crippen molar-refractivity contribution in [3.05, 3.63) is 34.3 Å². The van der Waals surface area contributed by atoms with Crippen molar-refractivity contribution in [1.82, 2.24) is 4.90 Å². The summed E-state index contributed by atoms with van der Waals surface area (Å²) in [7, 11) is 0. The Hall–Kier alpha value is -0.0300. The number of hydrogen-bond donors (Lipinski definition) is 1. The third-order valence-corrected chi connectivity index (χ3v) is 5.14. The fraction of sp³-hybridized carbons (Fsp3) is 0.571. The molecule has 18 heavy (non-hydrogen) atoms. The average Bonchev–Trinajstić information content (AvgIpc) is 2.60. The molecule has 1 aromatic carbocycles. The number of nitrogens with two attached hydrogens (primary N) is 1. The van der Waals surface area contributed by atoms with Gasteiger partial charge in [-0.15, -0.1) is 0 Å². The molecule has 100 valence electrons. The van der Waals surface area contributed by atoms with Crippen molar-refractivity contribution >= 4 is 27.7 Å². The highest BCUT2D eigenvalue weighted by Crippen LogP contribution is 2.31. The Bertz CT molecular complexity index is 376. The Balaban J connectivity index is 2.24. The quantitative estimate of drug-likeness (QED) is 0.923. The van der Waals surface area contributed by atoms with E-state index in [1.807, 2.05) is 0 Å². The zero-order chi connectivity index (χ0) is 13.0. The summed E-state index contributed by atoms with van der Waals surface area (Å²) < 4.78 is 1.17. The van der Waals surface area contributed by atoms with Crippen LogP contribution in [0.3, 0.4) is 0 Å². The maximum Gasteiger partial charge on any atom is 0.0507 e. The standard InChI is InChI=1S/C14H21BrN2S/c1-11(16)14(12-5-2-3-6-13(12)15)17-7-4-9-18-10-8-17/h2-3,5-6,11,14H,4,7-10,16H2,1H3. The fourth-order valence-electron chi connectivity index (χ4n) is 2.57. The van der Waals surface area contributed by atoms with Crippen LogP contribution < -0.4 is 5.73 Å². The number of hydrogen-bond acceptors (Lipinski definition) is 3. The molecule has 2 N–H and O–H groups in total. The lowest BCUT2D eigenvalue weighted by atomic mass is 9.99. The molecule has 0 saturated carbocycles. The second-order valence-electron chi connectivity index (χ2n) is 4.83. The van der Waals surface area contributed by atoms with Crippen LogP contribution in [0.4, 0.5) is 0 Å². The monoisotopic (exact) mass is 328 g/mol. The largest absolute Gasteiger partial charge is 0.326 e. The Kier molecular flexibility index (Phi) is 5.55. The van der Waals surface area contributed by atoms with E-state index in [-0.39, 0.29) is 6.04 Å². The van der Waals surface area contributed by atoms with Gasteiger partial charge in [-0.25, -0.2) is 0 Å². The van der Waals surface area contributed by atoms with Gasteiger partial charge in [-0.1, -0.05) is 34.1 Å². The van der Waals surface area contributed by atoms with Crippen molar-refractivity contribution < 1.29 is 0 Å². The summed E-state index contributed by atoms with van der Waals surface area (Å²) in [4.78, 5) is 2.55. The highest BCUT2D eigenvalue weighted by Gasteiger charge is 2.26. The Morgan fingerprint density at radius 1 is 1.28 bits per heavy atom. The van der Waals surface area contributed by atoms with Crippen molar-refractivity contribution in [2.45, 2.75) is 25.4 Å². The van der Waals surface area contributed by atoms with Crippen LogP contribution in [-0.4, -0.2) is 35.5 Å². The molecule has 1 aromatic rings. The molecule has 1 fully saturated rings. The highest BCUT2D eigenvalue weighted by molar-refractivity contribution is 9.10. The Morgan fingerprint density at radius 3 is 2.78 bits per heavy atom. The summed E-state index contributed by atoms with van der Waals surface area (Å²) in [6.45, 7) is 4.40. The van der Waals surface area contributed by atoms with Crippen LogP contribution in [0.15, 0.2) is 28.7 Å². The van der Waals surface area contributed by atoms with Crippen LogP contribution in [0.5, 0.6) is 0 Å². The van der Waals surface area contributed by atoms with Crippen molar-refractivity contribution in [2.24, 2.45) is 5.73 Å². The van der Waals surface area contributed by atoms with Gasteiger partial charge in [0.25, 0.3) is 0 Å². The van der Waals surface area contributed by atoms with E-state index in [0.717, 1.165) is 13.1 Å². The molecule has 2 nitrogen and oxygen atoms in total. The fourth-order valence-corrected chi connectivity index (χ4v) is 3.99. The third kappa shape index (κ3) is 3.50. The van der Waals surface area contributed by atoms with Gasteiger partial charge in [0.05, 0.1) is 6.04 Å². The van der Waals surface area contributed by atoms with Crippen molar-refractivity contribution in [3.8, 4) is 0 Å². The summed E-state index contributed by atoms with van der Waals surface area (Å²) >= 11 is 5.72. The first kappa shape index (κ1) is 14.4. The molecular weight excluding hydrogens is 308 g/mol. The lowest BCUT2D eigenvalue weighted by Gasteiger charge is -2.34. The molecule has 1 saturated heterocycles. The SMILES string of the molecule is CC(N)C(c1ccccc1Br)N1CCCSCC1. The number of halogens is 1. The molecule has 1 heterocycles. The van der Waals surface area contributed by atoms with Crippen molar-refractivity contribution in [1.29, 1.82) is 0 Å². The summed E-state index contributed by atoms with van der Waals surface area (Å²) in [5, 5.41) is 0. The first-order valence-electron chi connectivity index (χ1n) is 6.52. The van der Waals surface area contributed by atoms with Gasteiger partial charge in [-0.05, 0) is 37.3 Å². The second kappa shape index (κ2) is 6.94. The second-order valence-corrected chi connectivity index (χ2v) is 6.91. The highest BCUT2D eigenvalue weighted by atomic mass is 79.9. The summed E-state index contributed by atoms with van der Waals surface area (Å²) in [6, 6.07) is 8.92. The molecule has 1 aliphatic heterocycles. The van der Waals surface area contributed by atoms with Crippen molar-refractivity contribution in [2.75, 3.05) is 24.6 Å². The topological polar surface area (TPSA) is 29.3 Å². The van der Waals surface area contributed by atoms with Gasteiger partial charge in [-0.3, -0.25) is 4.90 Å². The Morgan fingerprint density at radius 2 is 2.06 bits per heavy atom. The van der Waals surface area contributed by atoms with Gasteiger partial charge in [0.15, 0.2) is 0 Å². The summed E-state index contributed by atoms with van der Waals surface area (Å²) in [6.07, 6.45) is 1.26. The van der Waals surface area contributed by atoms with Crippen LogP contribution in [0.1, 0.15) is 24.9 Å². The smallest absolute Gasteiger partial charge is 0.0507 e. The lowest BCUT2D eigenvalue weighted by molar-refractivity contribution is 0.190. The minimum atomic E-state index is 0.145. The molecule has 0 amide bonds. The van der Waals surface area contributed by atoms with E-state index in [4.69, 9.17) is 5.73 Å². The van der Waals surface area contributed by atoms with Crippen LogP contribution in [0.25, 0.3) is 0 Å². The lowest BCUT2D eigenvalue weighted by Crippen LogP contribution is -2.40. The van der Waals surface area contributed by atoms with Gasteiger partial charge >= 0.3 is 0 Å². The van der Waals surface area contributed by atoms with E-state index >= 15 is 0 Å². The van der Waals surface area contributed by atoms with Gasteiger partial charge in [0.1, 0.15) is 0 Å². The predicted molar refractivity (Wildman–Crippen MR) is 84.0 cm³/mol. The normalized spacial score (nSPS) is 21.3. The molecule has 4 heteroatoms. The maximum absolute atomic E-state index is 6.25. The zero-order valence-electron chi connectivity index (χ0n) is 10.8. The molecule has 0 aliphatic carbocycles. The van der Waals surface area contributed by atoms with Gasteiger partial charge in [0, 0.05) is 22.8 Å². The molecule has 0 bridgehead atoms. The minimum absolute atomic E-state index is 0.145. The van der Waals surface area contributed by atoms with E-state index in [9.17, 15) is 0 Å². The molecule has 2 unspecified atom stereocenters. The summed E-state index contributed by atoms with van der Waals surface area (Å²) in [5.74, 6) is 2.49. The first-order chi connectivity index (χ1) is 8.70. The third-order valence-electron chi connectivity index (χ3n) is 3.37. The summed E-state index contributed by atoms with van der Waals surface area (Å²) in [5.41, 5.74) is 7.57. The number of benzene rings is 1. The van der Waals surface area contributed by atoms with E-state index in [1.165, 1.54) is 28.0 Å². The van der Waals surface area contributed by atoms with Crippen LogP contribution in [0.2, 0.25) is 0 Å². The Labute approximate surface area is 122 Å². The van der Waals surface area contributed by atoms with E-state index in [2.05, 4.69) is 63.8 Å². The molecule has 2 rings (SSSR count). The van der Waals surface area contributed by atoms with Crippen LogP contribution in [-0.2, 0) is 0 Å². The maximum atomic E-state index is 6.25. The average molecular weight is 329 g/mol. The molecule has 0 aromatic heterocycles. The first-order valence-corrected chi connectivity index (χ1v) is 8.46. The number of nitrogens with zero attached hydrogens (tertiary/aromatic N) is 1. The van der Waals surface area contributed by atoms with Crippen LogP contribution in [0, 0.1) is 0 Å². The van der Waals surface area contributed by atoms with E-state index in [0.29, 0.717) is 6.04 Å². The molecule has 2 atom stereocenters. The molecule has 1 aliphatic rings. The number of rotatable bonds is 3. The molecule has 0 spiro atoms.